The number of oxime groups is 1. The topological polar surface area (TPSA) is 51.0 Å². The number of hydrogen-bond donors (Lipinski definition) is 1. The van der Waals surface area contributed by atoms with Crippen LogP contribution in [0.25, 0.3) is 0 Å². The Morgan fingerprint density at radius 2 is 2.44 bits per heavy atom. The van der Waals surface area contributed by atoms with Gasteiger partial charge in [0.05, 0.1) is 6.61 Å². The highest BCUT2D eigenvalue weighted by Crippen LogP contribution is 2.29. The zero-order valence-corrected chi connectivity index (χ0v) is 9.79. The molecule has 1 heterocycles. The van der Waals surface area contributed by atoms with Crippen molar-refractivity contribution in [3.05, 3.63) is 23.8 Å². The predicted octanol–water partition coefficient (Wildman–Crippen LogP) is 2.00. The lowest BCUT2D eigenvalue weighted by molar-refractivity contribution is 0.313. The second-order valence-corrected chi connectivity index (χ2v) is 4.32. The van der Waals surface area contributed by atoms with Crippen LogP contribution in [0, 0.1) is 0 Å². The zero-order chi connectivity index (χ0) is 11.4. The average molecular weight is 239 g/mol. The Bertz CT molecular complexity index is 406. The molecule has 4 nitrogen and oxygen atoms in total. The van der Waals surface area contributed by atoms with E-state index in [1.54, 1.807) is 11.8 Å². The molecule has 86 valence electrons. The highest BCUT2D eigenvalue weighted by molar-refractivity contribution is 7.98. The molecule has 0 unspecified atom stereocenters. The highest BCUT2D eigenvalue weighted by atomic mass is 32.2. The lowest BCUT2D eigenvalue weighted by atomic mass is 10.1. The number of hydrogen-bond acceptors (Lipinski definition) is 5. The fourth-order valence-corrected chi connectivity index (χ4v) is 1.75. The minimum absolute atomic E-state index is 0.320. The van der Waals surface area contributed by atoms with E-state index in [1.807, 2.05) is 24.5 Å². The van der Waals surface area contributed by atoms with Crippen molar-refractivity contribution < 1.29 is 14.7 Å². The summed E-state index contributed by atoms with van der Waals surface area (Å²) in [5.74, 6) is 2.46. The van der Waals surface area contributed by atoms with E-state index < -0.39 is 0 Å². The van der Waals surface area contributed by atoms with Gasteiger partial charge in [-0.15, -0.1) is 0 Å². The van der Waals surface area contributed by atoms with Crippen LogP contribution in [0.15, 0.2) is 23.4 Å². The Labute approximate surface area is 98.2 Å². The first-order valence-electron chi connectivity index (χ1n) is 4.95. The summed E-state index contributed by atoms with van der Waals surface area (Å²) in [5, 5.41) is 11.9. The minimum atomic E-state index is 0.320. The Morgan fingerprint density at radius 3 is 3.19 bits per heavy atom. The van der Waals surface area contributed by atoms with Gasteiger partial charge >= 0.3 is 0 Å². The number of ether oxygens (including phenoxy) is 2. The Kier molecular flexibility index (Phi) is 3.56. The molecule has 0 saturated carbocycles. The van der Waals surface area contributed by atoms with Crippen molar-refractivity contribution in [2.75, 3.05) is 25.2 Å². The summed E-state index contributed by atoms with van der Waals surface area (Å²) < 4.78 is 10.9. The van der Waals surface area contributed by atoms with Gasteiger partial charge in [0.15, 0.2) is 0 Å². The van der Waals surface area contributed by atoms with Crippen LogP contribution in [-0.4, -0.2) is 36.1 Å². The third-order valence-electron chi connectivity index (χ3n) is 2.31. The van der Waals surface area contributed by atoms with E-state index in [-0.39, 0.29) is 0 Å². The second-order valence-electron chi connectivity index (χ2n) is 3.33. The average Bonchev–Trinajstić information content (AvgIpc) is 2.71. The summed E-state index contributed by atoms with van der Waals surface area (Å²) in [7, 11) is 0. The van der Waals surface area contributed by atoms with Crippen LogP contribution in [-0.2, 0) is 0 Å². The van der Waals surface area contributed by atoms with Crippen molar-refractivity contribution in [2.45, 2.75) is 0 Å². The van der Waals surface area contributed by atoms with E-state index in [9.17, 15) is 0 Å². The number of nitrogens with zero attached hydrogens (tertiary/aromatic N) is 1. The van der Waals surface area contributed by atoms with Gasteiger partial charge in [0.1, 0.15) is 23.8 Å². The molecule has 0 spiro atoms. The Hall–Kier alpha value is -1.36. The molecule has 0 aliphatic carbocycles. The molecule has 0 saturated heterocycles. The molecular formula is C11H13NO3S. The quantitative estimate of drug-likeness (QED) is 0.496. The van der Waals surface area contributed by atoms with Gasteiger partial charge in [-0.1, -0.05) is 5.16 Å². The van der Waals surface area contributed by atoms with Crippen molar-refractivity contribution in [2.24, 2.45) is 5.16 Å². The van der Waals surface area contributed by atoms with Gasteiger partial charge in [0.25, 0.3) is 0 Å². The fourth-order valence-electron chi connectivity index (χ4n) is 1.50. The molecule has 0 atom stereocenters. The van der Waals surface area contributed by atoms with Gasteiger partial charge in [-0.2, -0.15) is 11.8 Å². The molecule has 1 aromatic rings. The predicted molar refractivity (Wildman–Crippen MR) is 64.1 cm³/mol. The Balaban J connectivity index is 2.09. The molecule has 1 aromatic carbocycles. The lowest BCUT2D eigenvalue weighted by Crippen LogP contribution is -2.01. The summed E-state index contributed by atoms with van der Waals surface area (Å²) in [6.45, 7) is 1.00. The molecule has 5 heteroatoms. The van der Waals surface area contributed by atoms with E-state index in [4.69, 9.17) is 14.7 Å². The molecule has 0 amide bonds. The largest absolute Gasteiger partial charge is 0.493 e. The molecule has 2 rings (SSSR count). The van der Waals surface area contributed by atoms with E-state index in [1.165, 1.54) is 0 Å². The summed E-state index contributed by atoms with van der Waals surface area (Å²) in [6.07, 6.45) is 2.04. The van der Waals surface area contributed by atoms with Crippen LogP contribution < -0.4 is 9.47 Å². The minimum Gasteiger partial charge on any atom is -0.493 e. The molecule has 1 N–H and O–H groups in total. The van der Waals surface area contributed by atoms with Crippen LogP contribution in [0.1, 0.15) is 5.56 Å². The van der Waals surface area contributed by atoms with Crippen LogP contribution >= 0.6 is 11.8 Å². The SMILES string of the molecule is CSCCOc1ccc2c(c1)OC/C2=N\O. The molecular weight excluding hydrogens is 226 g/mol. The van der Waals surface area contributed by atoms with Crippen molar-refractivity contribution in [1.82, 2.24) is 0 Å². The molecule has 1 aliphatic heterocycles. The maximum Gasteiger partial charge on any atom is 0.134 e. The van der Waals surface area contributed by atoms with E-state index >= 15 is 0 Å². The third-order valence-corrected chi connectivity index (χ3v) is 2.88. The molecule has 0 fully saturated rings. The van der Waals surface area contributed by atoms with E-state index in [0.717, 1.165) is 22.8 Å². The summed E-state index contributed by atoms with van der Waals surface area (Å²) >= 11 is 1.74. The van der Waals surface area contributed by atoms with Crippen molar-refractivity contribution >= 4 is 17.5 Å². The monoisotopic (exact) mass is 239 g/mol. The molecule has 0 aromatic heterocycles. The zero-order valence-electron chi connectivity index (χ0n) is 8.97. The van der Waals surface area contributed by atoms with Crippen molar-refractivity contribution in [3.63, 3.8) is 0 Å². The van der Waals surface area contributed by atoms with Crippen LogP contribution in [0.4, 0.5) is 0 Å². The summed E-state index contributed by atoms with van der Waals surface area (Å²) in [6, 6.07) is 5.54. The van der Waals surface area contributed by atoms with Gasteiger partial charge < -0.3 is 14.7 Å². The standard InChI is InChI=1S/C11H13NO3S/c1-16-5-4-14-8-2-3-9-10(12-13)7-15-11(9)6-8/h2-3,6,13H,4-5,7H2,1H3/b12-10+. The van der Waals surface area contributed by atoms with Crippen LogP contribution in [0.3, 0.4) is 0 Å². The van der Waals surface area contributed by atoms with Gasteiger partial charge in [0, 0.05) is 17.4 Å². The number of benzene rings is 1. The maximum atomic E-state index is 8.73. The van der Waals surface area contributed by atoms with Crippen LogP contribution in [0.5, 0.6) is 11.5 Å². The molecule has 1 aliphatic rings. The second kappa shape index (κ2) is 5.12. The molecule has 0 bridgehead atoms. The van der Waals surface area contributed by atoms with E-state index in [0.29, 0.717) is 18.9 Å². The van der Waals surface area contributed by atoms with Gasteiger partial charge in [-0.3, -0.25) is 0 Å². The summed E-state index contributed by atoms with van der Waals surface area (Å²) in [4.78, 5) is 0. The lowest BCUT2D eigenvalue weighted by Gasteiger charge is -2.06. The first-order valence-corrected chi connectivity index (χ1v) is 6.34. The van der Waals surface area contributed by atoms with Gasteiger partial charge in [-0.25, -0.2) is 0 Å². The first kappa shape index (κ1) is 11.1. The molecule has 16 heavy (non-hydrogen) atoms. The number of fused-ring (bicyclic) bond motifs is 1. The number of thioether (sulfide) groups is 1. The van der Waals surface area contributed by atoms with E-state index in [2.05, 4.69) is 5.16 Å². The third kappa shape index (κ3) is 2.24. The maximum absolute atomic E-state index is 8.73. The first-order chi connectivity index (χ1) is 7.85. The smallest absolute Gasteiger partial charge is 0.134 e. The fraction of sp³-hybridized carbons (Fsp3) is 0.364. The normalized spacial score (nSPS) is 15.9. The highest BCUT2D eigenvalue weighted by Gasteiger charge is 2.20. The van der Waals surface area contributed by atoms with Crippen molar-refractivity contribution in [1.29, 1.82) is 0 Å². The number of rotatable bonds is 4. The Morgan fingerprint density at radius 1 is 1.56 bits per heavy atom. The van der Waals surface area contributed by atoms with Crippen LogP contribution in [0.2, 0.25) is 0 Å². The molecule has 0 radical (unpaired) electrons. The van der Waals surface area contributed by atoms with Gasteiger partial charge in [0.2, 0.25) is 0 Å². The van der Waals surface area contributed by atoms with Gasteiger partial charge in [-0.05, 0) is 18.4 Å². The van der Waals surface area contributed by atoms with Crippen molar-refractivity contribution in [3.8, 4) is 11.5 Å². The summed E-state index contributed by atoms with van der Waals surface area (Å²) in [5.41, 5.74) is 1.39.